The summed E-state index contributed by atoms with van der Waals surface area (Å²) in [4.78, 5) is 35.8. The number of aromatic nitrogens is 1. The van der Waals surface area contributed by atoms with Crippen LogP contribution in [-0.4, -0.2) is 54.7 Å². The Kier molecular flexibility index (Phi) is 8.08. The molecule has 2 saturated carbocycles. The van der Waals surface area contributed by atoms with Crippen LogP contribution in [0.3, 0.4) is 0 Å². The fourth-order valence-electron chi connectivity index (χ4n) is 8.06. The fraction of sp³-hybridized carbons (Fsp3) is 0.625. The number of oxime groups is 1. The Bertz CT molecular complexity index is 1170. The predicted molar refractivity (Wildman–Crippen MR) is 154 cm³/mol. The molecule has 39 heavy (non-hydrogen) atoms. The van der Waals surface area contributed by atoms with Gasteiger partial charge in [-0.15, -0.1) is 0 Å². The molecule has 210 valence electrons. The van der Waals surface area contributed by atoms with Gasteiger partial charge in [0.25, 0.3) is 0 Å². The number of hydrogen-bond acceptors (Lipinski definition) is 6. The molecule has 1 heterocycles. The topological polar surface area (TPSA) is 83.9 Å². The van der Waals surface area contributed by atoms with E-state index in [0.29, 0.717) is 18.4 Å². The van der Waals surface area contributed by atoms with Crippen molar-refractivity contribution in [3.05, 3.63) is 47.8 Å². The van der Waals surface area contributed by atoms with Crippen molar-refractivity contribution in [3.63, 3.8) is 0 Å². The summed E-state index contributed by atoms with van der Waals surface area (Å²) < 4.78 is 0. The second kappa shape index (κ2) is 11.4. The second-order valence-corrected chi connectivity index (χ2v) is 12.8. The van der Waals surface area contributed by atoms with Gasteiger partial charge in [0.15, 0.2) is 0 Å². The van der Waals surface area contributed by atoms with Crippen molar-refractivity contribution < 1.29 is 14.4 Å². The molecule has 5 rings (SSSR count). The van der Waals surface area contributed by atoms with Crippen LogP contribution in [0.1, 0.15) is 77.2 Å². The minimum atomic E-state index is -0.453. The van der Waals surface area contributed by atoms with Gasteiger partial charge in [-0.25, -0.2) is 4.79 Å². The Balaban J connectivity index is 1.19. The van der Waals surface area contributed by atoms with E-state index in [9.17, 15) is 9.59 Å². The maximum absolute atomic E-state index is 12.2. The molecule has 4 aliphatic carbocycles. The van der Waals surface area contributed by atoms with Gasteiger partial charge in [0.05, 0.1) is 12.1 Å². The lowest BCUT2D eigenvalue weighted by Gasteiger charge is -2.58. The van der Waals surface area contributed by atoms with Gasteiger partial charge in [-0.05, 0) is 111 Å². The van der Waals surface area contributed by atoms with Crippen LogP contribution in [0.2, 0.25) is 0 Å². The van der Waals surface area contributed by atoms with Crippen LogP contribution >= 0.6 is 0 Å². The first-order valence-corrected chi connectivity index (χ1v) is 14.7. The maximum atomic E-state index is 12.2. The molecular formula is C32H44N4O3. The number of nitrogens with one attached hydrogen (secondary N) is 1. The fourth-order valence-corrected chi connectivity index (χ4v) is 8.06. The molecule has 1 amide bonds. The lowest BCUT2D eigenvalue weighted by atomic mass is 9.46. The van der Waals surface area contributed by atoms with Gasteiger partial charge < -0.3 is 15.1 Å². The molecule has 5 atom stereocenters. The largest absolute Gasteiger partial charge is 0.355 e. The summed E-state index contributed by atoms with van der Waals surface area (Å²) in [6.07, 6.45) is 16.6. The van der Waals surface area contributed by atoms with E-state index in [1.165, 1.54) is 42.4 Å². The van der Waals surface area contributed by atoms with Crippen LogP contribution in [-0.2, 0) is 14.4 Å². The van der Waals surface area contributed by atoms with E-state index in [1.807, 2.05) is 31.4 Å². The van der Waals surface area contributed by atoms with Crippen LogP contribution in [0.4, 0.5) is 0 Å². The lowest BCUT2D eigenvalue weighted by Crippen LogP contribution is -2.49. The highest BCUT2D eigenvalue weighted by molar-refractivity contribution is 5.96. The Hall–Kier alpha value is -2.80. The van der Waals surface area contributed by atoms with Gasteiger partial charge >= 0.3 is 5.97 Å². The summed E-state index contributed by atoms with van der Waals surface area (Å²) in [5.41, 5.74) is 5.56. The molecule has 4 aliphatic rings. The Labute approximate surface area is 233 Å². The summed E-state index contributed by atoms with van der Waals surface area (Å²) in [6.45, 7) is 6.31. The first-order valence-electron chi connectivity index (χ1n) is 14.7. The number of pyridine rings is 1. The maximum Gasteiger partial charge on any atom is 0.335 e. The Morgan fingerprint density at radius 2 is 1.97 bits per heavy atom. The number of hydrogen-bond donors (Lipinski definition) is 1. The number of allylic oxidation sites excluding steroid dienone is 4. The number of fused-ring (bicyclic) bond motifs is 5. The third kappa shape index (κ3) is 5.60. The smallest absolute Gasteiger partial charge is 0.335 e. The average molecular weight is 533 g/mol. The van der Waals surface area contributed by atoms with E-state index in [2.05, 4.69) is 53.6 Å². The van der Waals surface area contributed by atoms with E-state index in [0.717, 1.165) is 37.4 Å². The minimum absolute atomic E-state index is 0.0395. The van der Waals surface area contributed by atoms with Crippen LogP contribution in [0.5, 0.6) is 0 Å². The number of carbonyl (C=O) groups excluding carboxylic acids is 2. The van der Waals surface area contributed by atoms with Crippen LogP contribution < -0.4 is 5.32 Å². The highest BCUT2D eigenvalue weighted by Gasteiger charge is 2.57. The standard InChI is InChI=1S/C32H44N4O3/c1-31-15-13-24(35-39-30(38)12-11-29(37)34-18-19-36(3)4)20-23(31)7-8-25-27-10-9-26(22-6-5-17-33-21-22)32(27,2)16-14-28(25)31/h5-6,9,17,20-21,25,27-28H,7-8,10-16,18-19H2,1-4H3,(H,34,37)/t25-,27+,28+,31+,32-/m1/s1. The van der Waals surface area contributed by atoms with Crippen molar-refractivity contribution in [1.82, 2.24) is 15.2 Å². The molecule has 0 unspecified atom stereocenters. The Morgan fingerprint density at radius 3 is 2.74 bits per heavy atom. The summed E-state index contributed by atoms with van der Waals surface area (Å²) >= 11 is 0. The minimum Gasteiger partial charge on any atom is -0.355 e. The van der Waals surface area contributed by atoms with Gasteiger partial charge in [0, 0.05) is 31.9 Å². The van der Waals surface area contributed by atoms with E-state index >= 15 is 0 Å². The molecule has 1 aromatic heterocycles. The molecule has 0 saturated heterocycles. The zero-order valence-electron chi connectivity index (χ0n) is 24.0. The first kappa shape index (κ1) is 27.8. The van der Waals surface area contributed by atoms with Crippen molar-refractivity contribution in [2.24, 2.45) is 33.7 Å². The molecule has 2 fully saturated rings. The zero-order chi connectivity index (χ0) is 27.6. The predicted octanol–water partition coefficient (Wildman–Crippen LogP) is 5.39. The van der Waals surface area contributed by atoms with Crippen molar-refractivity contribution in [1.29, 1.82) is 0 Å². The first-order chi connectivity index (χ1) is 18.7. The molecule has 1 N–H and O–H groups in total. The highest BCUT2D eigenvalue weighted by atomic mass is 16.7. The molecule has 7 heteroatoms. The molecule has 7 nitrogen and oxygen atoms in total. The van der Waals surface area contributed by atoms with E-state index in [1.54, 1.807) is 0 Å². The molecule has 0 spiro atoms. The van der Waals surface area contributed by atoms with Gasteiger partial charge in [0.2, 0.25) is 5.91 Å². The number of rotatable bonds is 8. The van der Waals surface area contributed by atoms with Crippen LogP contribution in [0, 0.1) is 28.6 Å². The molecule has 0 radical (unpaired) electrons. The number of carbonyl (C=O) groups is 2. The van der Waals surface area contributed by atoms with Crippen molar-refractivity contribution in [2.45, 2.75) is 71.6 Å². The monoisotopic (exact) mass is 532 g/mol. The van der Waals surface area contributed by atoms with Crippen LogP contribution in [0.25, 0.3) is 5.57 Å². The lowest BCUT2D eigenvalue weighted by molar-refractivity contribution is -0.145. The Morgan fingerprint density at radius 1 is 1.13 bits per heavy atom. The van der Waals surface area contributed by atoms with Crippen molar-refractivity contribution in [2.75, 3.05) is 27.2 Å². The summed E-state index contributed by atoms with van der Waals surface area (Å²) in [7, 11) is 3.91. The molecule has 0 aliphatic heterocycles. The molecular weight excluding hydrogens is 488 g/mol. The van der Waals surface area contributed by atoms with E-state index in [4.69, 9.17) is 4.84 Å². The number of nitrogens with zero attached hydrogens (tertiary/aromatic N) is 3. The summed E-state index contributed by atoms with van der Waals surface area (Å²) in [6, 6.07) is 4.28. The number of amides is 1. The SMILES string of the molecule is CN(C)CCNC(=O)CCC(=O)ON=C1C=C2CC[C@H]3[C@H](CC[C@]4(C)C(c5cccnc5)=CC[C@@H]34)[C@@]2(C)CC1. The van der Waals surface area contributed by atoms with Gasteiger partial charge in [0.1, 0.15) is 0 Å². The third-order valence-electron chi connectivity index (χ3n) is 10.2. The zero-order valence-corrected chi connectivity index (χ0v) is 24.0. The molecule has 0 aromatic carbocycles. The normalized spacial score (nSPS) is 32.5. The van der Waals surface area contributed by atoms with Gasteiger partial charge in [-0.2, -0.15) is 0 Å². The van der Waals surface area contributed by atoms with Gasteiger partial charge in [-0.3, -0.25) is 9.78 Å². The summed E-state index contributed by atoms with van der Waals surface area (Å²) in [5, 5.41) is 7.04. The quantitative estimate of drug-likeness (QED) is 0.358. The van der Waals surface area contributed by atoms with Crippen LogP contribution in [0.15, 0.2) is 47.4 Å². The highest BCUT2D eigenvalue weighted by Crippen LogP contribution is 2.66. The second-order valence-electron chi connectivity index (χ2n) is 12.8. The van der Waals surface area contributed by atoms with E-state index < -0.39 is 5.97 Å². The average Bonchev–Trinajstić information content (AvgIpc) is 3.28. The van der Waals surface area contributed by atoms with Crippen molar-refractivity contribution >= 4 is 23.2 Å². The number of likely N-dealkylation sites (N-methyl/N-ethyl adjacent to an activating group) is 1. The molecule has 1 aromatic rings. The van der Waals surface area contributed by atoms with Crippen molar-refractivity contribution in [3.8, 4) is 0 Å². The third-order valence-corrected chi connectivity index (χ3v) is 10.2. The van der Waals surface area contributed by atoms with E-state index in [-0.39, 0.29) is 29.6 Å². The molecule has 0 bridgehead atoms. The summed E-state index contributed by atoms with van der Waals surface area (Å²) in [5.74, 6) is 1.53. The van der Waals surface area contributed by atoms with Gasteiger partial charge in [-0.1, -0.05) is 36.7 Å².